The zero-order valence-corrected chi connectivity index (χ0v) is 16.9. The molecule has 1 aromatic heterocycles. The molecule has 0 amide bonds. The Morgan fingerprint density at radius 3 is 2.30 bits per heavy atom. The number of rotatable bonds is 3. The van der Waals surface area contributed by atoms with Crippen molar-refractivity contribution in [1.82, 2.24) is 0 Å². The van der Waals surface area contributed by atoms with E-state index in [2.05, 4.69) is 0 Å². The van der Waals surface area contributed by atoms with Crippen LogP contribution >= 0.6 is 0 Å². The standard InChI is InChI=1S/C25H16O8/c26-16-11-17(13-4-2-1-3-5-13)32-23-19-15(12-6-8-14(9-7-12)25(30)31)10-18(27)33-24(19)22(29)21(28)20(16)23/h1-9,11,15,28-29H,10H2,(H,30,31)/t15-/m0/s1. The molecule has 3 aromatic carbocycles. The van der Waals surface area contributed by atoms with Gasteiger partial charge in [0.2, 0.25) is 5.75 Å². The molecule has 8 heteroatoms. The van der Waals surface area contributed by atoms with Gasteiger partial charge in [-0.05, 0) is 17.7 Å². The minimum Gasteiger partial charge on any atom is -0.504 e. The van der Waals surface area contributed by atoms with Crippen molar-refractivity contribution in [3.8, 4) is 28.6 Å². The van der Waals surface area contributed by atoms with Crippen LogP contribution in [0.1, 0.15) is 33.8 Å². The summed E-state index contributed by atoms with van der Waals surface area (Å²) in [6, 6.07) is 16.0. The van der Waals surface area contributed by atoms with Gasteiger partial charge in [0.15, 0.2) is 16.9 Å². The van der Waals surface area contributed by atoms with Crippen LogP contribution < -0.4 is 10.2 Å². The maximum atomic E-state index is 13.0. The van der Waals surface area contributed by atoms with Gasteiger partial charge >= 0.3 is 11.9 Å². The Balaban J connectivity index is 1.82. The summed E-state index contributed by atoms with van der Waals surface area (Å²) in [6.45, 7) is 0. The Morgan fingerprint density at radius 1 is 0.939 bits per heavy atom. The smallest absolute Gasteiger partial charge is 0.335 e. The van der Waals surface area contributed by atoms with Crippen LogP contribution in [0.2, 0.25) is 0 Å². The molecule has 0 aliphatic carbocycles. The maximum absolute atomic E-state index is 13.0. The fourth-order valence-corrected chi connectivity index (χ4v) is 4.10. The molecule has 33 heavy (non-hydrogen) atoms. The molecule has 8 nitrogen and oxygen atoms in total. The van der Waals surface area contributed by atoms with Crippen molar-refractivity contribution < 1.29 is 34.1 Å². The third-order valence-electron chi connectivity index (χ3n) is 5.67. The quantitative estimate of drug-likeness (QED) is 0.245. The highest BCUT2D eigenvalue weighted by Gasteiger charge is 2.36. The molecule has 0 spiro atoms. The van der Waals surface area contributed by atoms with Crippen molar-refractivity contribution >= 4 is 22.9 Å². The SMILES string of the molecule is O=C1C[C@@H](c2ccc(C(=O)O)cc2)c2c(c(O)c(O)c3c(=O)cc(-c4ccccc4)oc23)O1. The lowest BCUT2D eigenvalue weighted by atomic mass is 9.84. The van der Waals surface area contributed by atoms with Gasteiger partial charge in [0, 0.05) is 17.5 Å². The highest BCUT2D eigenvalue weighted by atomic mass is 16.5. The van der Waals surface area contributed by atoms with Gasteiger partial charge in [-0.25, -0.2) is 4.79 Å². The number of carboxylic acid groups (broad SMARTS) is 1. The first-order chi connectivity index (χ1) is 15.8. The third kappa shape index (κ3) is 3.28. The van der Waals surface area contributed by atoms with Crippen LogP contribution in [0.5, 0.6) is 17.2 Å². The topological polar surface area (TPSA) is 134 Å². The highest BCUT2D eigenvalue weighted by molar-refractivity contribution is 5.96. The van der Waals surface area contributed by atoms with Gasteiger partial charge in [0.1, 0.15) is 16.7 Å². The number of hydrogen-bond donors (Lipinski definition) is 3. The monoisotopic (exact) mass is 444 g/mol. The van der Waals surface area contributed by atoms with E-state index in [1.165, 1.54) is 18.2 Å². The van der Waals surface area contributed by atoms with Gasteiger partial charge in [-0.3, -0.25) is 9.59 Å². The number of ether oxygens (including phenoxy) is 1. The molecule has 0 fully saturated rings. The van der Waals surface area contributed by atoms with Crippen molar-refractivity contribution in [3.63, 3.8) is 0 Å². The summed E-state index contributed by atoms with van der Waals surface area (Å²) >= 11 is 0. The summed E-state index contributed by atoms with van der Waals surface area (Å²) in [4.78, 5) is 36.5. The molecule has 1 aliphatic rings. The Labute approximate surface area is 185 Å². The highest BCUT2D eigenvalue weighted by Crippen LogP contribution is 2.52. The average molecular weight is 444 g/mol. The molecular weight excluding hydrogens is 428 g/mol. The van der Waals surface area contributed by atoms with Crippen molar-refractivity contribution in [2.45, 2.75) is 12.3 Å². The Hall–Kier alpha value is -4.59. The molecule has 1 aliphatic heterocycles. The number of phenolic OH excluding ortho intramolecular Hbond substituents is 2. The van der Waals surface area contributed by atoms with Gasteiger partial charge in [-0.15, -0.1) is 0 Å². The first kappa shape index (κ1) is 20.3. The number of carbonyl (C=O) groups excluding carboxylic acids is 1. The molecule has 3 N–H and O–H groups in total. The van der Waals surface area contributed by atoms with Crippen LogP contribution in [0, 0.1) is 0 Å². The number of carbonyl (C=O) groups is 2. The predicted molar refractivity (Wildman–Crippen MR) is 117 cm³/mol. The lowest BCUT2D eigenvalue weighted by molar-refractivity contribution is -0.135. The van der Waals surface area contributed by atoms with E-state index in [-0.39, 0.29) is 40.0 Å². The van der Waals surface area contributed by atoms with Crippen LogP contribution in [0.3, 0.4) is 0 Å². The first-order valence-electron chi connectivity index (χ1n) is 10.00. The average Bonchev–Trinajstić information content (AvgIpc) is 2.82. The molecule has 2 heterocycles. The Kier molecular flexibility index (Phi) is 4.63. The summed E-state index contributed by atoms with van der Waals surface area (Å²) in [7, 11) is 0. The second-order valence-corrected chi connectivity index (χ2v) is 7.64. The second-order valence-electron chi connectivity index (χ2n) is 7.64. The van der Waals surface area contributed by atoms with E-state index < -0.39 is 34.8 Å². The van der Waals surface area contributed by atoms with Crippen molar-refractivity contribution in [3.05, 3.63) is 87.6 Å². The normalized spacial score (nSPS) is 15.2. The van der Waals surface area contributed by atoms with Gasteiger partial charge in [0.05, 0.1) is 17.5 Å². The molecule has 4 aromatic rings. The Morgan fingerprint density at radius 2 is 1.64 bits per heavy atom. The Bertz CT molecular complexity index is 1480. The number of esters is 1. The van der Waals surface area contributed by atoms with Gasteiger partial charge < -0.3 is 24.5 Å². The number of fused-ring (bicyclic) bond motifs is 3. The van der Waals surface area contributed by atoms with Crippen LogP contribution in [-0.2, 0) is 4.79 Å². The maximum Gasteiger partial charge on any atom is 0.335 e. The van der Waals surface area contributed by atoms with E-state index in [0.29, 0.717) is 11.1 Å². The lowest BCUT2D eigenvalue weighted by Crippen LogP contribution is -2.22. The first-order valence-corrected chi connectivity index (χ1v) is 10.00. The number of aromatic carboxylic acids is 1. The van der Waals surface area contributed by atoms with E-state index in [1.54, 1.807) is 36.4 Å². The van der Waals surface area contributed by atoms with E-state index in [9.17, 15) is 29.7 Å². The molecule has 0 saturated carbocycles. The fraction of sp³-hybridized carbons (Fsp3) is 0.0800. The van der Waals surface area contributed by atoms with Crippen molar-refractivity contribution in [2.24, 2.45) is 0 Å². The predicted octanol–water partition coefficient (Wildman–Crippen LogP) is 4.01. The van der Waals surface area contributed by atoms with Crippen LogP contribution in [0.15, 0.2) is 69.9 Å². The summed E-state index contributed by atoms with van der Waals surface area (Å²) in [5.74, 6) is -4.02. The fourth-order valence-electron chi connectivity index (χ4n) is 4.10. The molecule has 0 saturated heterocycles. The van der Waals surface area contributed by atoms with E-state index >= 15 is 0 Å². The number of benzene rings is 3. The van der Waals surface area contributed by atoms with Crippen LogP contribution in [0.4, 0.5) is 0 Å². The molecular formula is C25H16O8. The zero-order valence-electron chi connectivity index (χ0n) is 16.9. The van der Waals surface area contributed by atoms with E-state index in [4.69, 9.17) is 9.15 Å². The van der Waals surface area contributed by atoms with E-state index in [1.807, 2.05) is 6.07 Å². The van der Waals surface area contributed by atoms with Crippen LogP contribution in [0.25, 0.3) is 22.3 Å². The number of aromatic hydroxyl groups is 2. The molecule has 0 bridgehead atoms. The van der Waals surface area contributed by atoms with Gasteiger partial charge in [-0.2, -0.15) is 0 Å². The third-order valence-corrected chi connectivity index (χ3v) is 5.67. The summed E-state index contributed by atoms with van der Waals surface area (Å²) in [5, 5.41) is 30.0. The largest absolute Gasteiger partial charge is 0.504 e. The minimum atomic E-state index is -1.10. The molecule has 0 unspecified atom stereocenters. The molecule has 0 radical (unpaired) electrons. The molecule has 164 valence electrons. The number of phenols is 2. The second kappa shape index (κ2) is 7.52. The number of hydrogen-bond acceptors (Lipinski definition) is 7. The van der Waals surface area contributed by atoms with Crippen LogP contribution in [-0.4, -0.2) is 27.3 Å². The van der Waals surface area contributed by atoms with Gasteiger partial charge in [0.25, 0.3) is 0 Å². The summed E-state index contributed by atoms with van der Waals surface area (Å²) in [5.41, 5.74) is 0.852. The van der Waals surface area contributed by atoms with Crippen molar-refractivity contribution in [2.75, 3.05) is 0 Å². The van der Waals surface area contributed by atoms with E-state index in [0.717, 1.165) is 0 Å². The van der Waals surface area contributed by atoms with Crippen molar-refractivity contribution in [1.29, 1.82) is 0 Å². The minimum absolute atomic E-state index is 0.0218. The molecule has 1 atom stereocenters. The molecule has 5 rings (SSSR count). The lowest BCUT2D eigenvalue weighted by Gasteiger charge is -2.26. The number of carboxylic acids is 1. The summed E-state index contributed by atoms with van der Waals surface area (Å²) < 4.78 is 11.3. The zero-order chi connectivity index (χ0) is 23.3. The van der Waals surface area contributed by atoms with Gasteiger partial charge in [-0.1, -0.05) is 42.5 Å². The summed E-state index contributed by atoms with van der Waals surface area (Å²) in [6.07, 6.45) is -0.141.